The predicted molar refractivity (Wildman–Crippen MR) is 82.5 cm³/mol. The van der Waals surface area contributed by atoms with Crippen molar-refractivity contribution in [2.45, 2.75) is 58.2 Å². The van der Waals surface area contributed by atoms with Crippen molar-refractivity contribution < 1.29 is 22.5 Å². The van der Waals surface area contributed by atoms with Crippen LogP contribution in [0.5, 0.6) is 0 Å². The summed E-state index contributed by atoms with van der Waals surface area (Å²) in [5, 5.41) is 3.52. The fourth-order valence-corrected chi connectivity index (χ4v) is 3.78. The third-order valence-electron chi connectivity index (χ3n) is 3.38. The Labute approximate surface area is 136 Å². The molecule has 1 aliphatic heterocycles. The van der Waals surface area contributed by atoms with Crippen molar-refractivity contribution in [2.24, 2.45) is 0 Å². The van der Waals surface area contributed by atoms with Crippen molar-refractivity contribution in [1.29, 1.82) is 0 Å². The van der Waals surface area contributed by atoms with Gasteiger partial charge in [-0.15, -0.1) is 0 Å². The first kappa shape index (κ1) is 17.9. The van der Waals surface area contributed by atoms with E-state index in [2.05, 4.69) is 14.4 Å². The fourth-order valence-electron chi connectivity index (χ4n) is 2.37. The molecule has 0 spiro atoms. The van der Waals surface area contributed by atoms with Crippen LogP contribution in [0.15, 0.2) is 17.0 Å². The van der Waals surface area contributed by atoms with Crippen molar-refractivity contribution >= 4 is 16.2 Å². The summed E-state index contributed by atoms with van der Waals surface area (Å²) in [6.07, 6.45) is 4.77. The highest BCUT2D eigenvalue weighted by atomic mass is 32.2. The lowest BCUT2D eigenvalue weighted by molar-refractivity contribution is -0.160. The number of piperidine rings is 1. The van der Waals surface area contributed by atoms with E-state index in [4.69, 9.17) is 4.74 Å². The van der Waals surface area contributed by atoms with E-state index in [-0.39, 0.29) is 6.54 Å². The predicted octanol–water partition coefficient (Wildman–Crippen LogP) is 1.21. The Morgan fingerprint density at radius 1 is 1.48 bits per heavy atom. The molecular weight excluding hydrogens is 322 g/mol. The molecule has 2 rings (SSSR count). The largest absolute Gasteiger partial charge is 0.459 e. The van der Waals surface area contributed by atoms with Crippen LogP contribution < -0.4 is 4.72 Å². The van der Waals surface area contributed by atoms with E-state index in [1.165, 1.54) is 16.8 Å². The number of hydrogen-bond acceptors (Lipinski definition) is 6. The molecular formula is C14H23N3O5S. The Hall–Kier alpha value is -1.45. The van der Waals surface area contributed by atoms with Gasteiger partial charge in [0.1, 0.15) is 17.9 Å². The maximum atomic E-state index is 12.5. The van der Waals surface area contributed by atoms with E-state index in [0.717, 1.165) is 6.42 Å². The van der Waals surface area contributed by atoms with Crippen LogP contribution in [0.1, 0.15) is 45.6 Å². The van der Waals surface area contributed by atoms with Gasteiger partial charge in [0.15, 0.2) is 0 Å². The highest BCUT2D eigenvalue weighted by Crippen LogP contribution is 2.23. The third kappa shape index (κ3) is 5.02. The van der Waals surface area contributed by atoms with Gasteiger partial charge in [-0.25, -0.2) is 0 Å². The average Bonchev–Trinajstić information content (AvgIpc) is 2.97. The number of hydrogen-bond donors (Lipinski definition) is 1. The summed E-state index contributed by atoms with van der Waals surface area (Å²) < 4.78 is 38.7. The lowest BCUT2D eigenvalue weighted by Gasteiger charge is -2.34. The monoisotopic (exact) mass is 345 g/mol. The van der Waals surface area contributed by atoms with E-state index in [1.54, 1.807) is 20.8 Å². The first-order chi connectivity index (χ1) is 10.7. The summed E-state index contributed by atoms with van der Waals surface area (Å²) in [6, 6.07) is -0.789. The smallest absolute Gasteiger partial charge is 0.325 e. The molecule has 0 saturated carbocycles. The molecule has 0 aliphatic carbocycles. The lowest BCUT2D eigenvalue weighted by Crippen LogP contribution is -2.53. The highest BCUT2D eigenvalue weighted by molar-refractivity contribution is 7.87. The fraction of sp³-hybridized carbons (Fsp3) is 0.714. The number of nitrogens with one attached hydrogen (secondary N) is 1. The zero-order valence-corrected chi connectivity index (χ0v) is 14.4. The van der Waals surface area contributed by atoms with Gasteiger partial charge in [-0.3, -0.25) is 4.79 Å². The molecule has 1 fully saturated rings. The summed E-state index contributed by atoms with van der Waals surface area (Å²) in [6.45, 7) is 5.64. The minimum atomic E-state index is -3.80. The van der Waals surface area contributed by atoms with Crippen LogP contribution in [0, 0.1) is 0 Å². The topological polar surface area (TPSA) is 102 Å². The highest BCUT2D eigenvalue weighted by Gasteiger charge is 2.38. The minimum Gasteiger partial charge on any atom is -0.459 e. The summed E-state index contributed by atoms with van der Waals surface area (Å²) in [7, 11) is -3.80. The quantitative estimate of drug-likeness (QED) is 0.805. The zero-order chi connectivity index (χ0) is 17.1. The zero-order valence-electron chi connectivity index (χ0n) is 13.6. The number of rotatable bonds is 5. The van der Waals surface area contributed by atoms with Crippen molar-refractivity contribution in [1.82, 2.24) is 14.2 Å². The van der Waals surface area contributed by atoms with Gasteiger partial charge < -0.3 is 9.26 Å². The number of carbonyl (C=O) groups excluding carboxylic acids is 1. The Morgan fingerprint density at radius 3 is 2.83 bits per heavy atom. The van der Waals surface area contributed by atoms with E-state index in [0.29, 0.717) is 24.9 Å². The molecule has 23 heavy (non-hydrogen) atoms. The second-order valence-electron chi connectivity index (χ2n) is 6.51. The van der Waals surface area contributed by atoms with Gasteiger partial charge in [-0.05, 0) is 40.0 Å². The van der Waals surface area contributed by atoms with Gasteiger partial charge in [0.05, 0.1) is 6.20 Å². The van der Waals surface area contributed by atoms with Gasteiger partial charge in [0.2, 0.25) is 0 Å². The minimum absolute atomic E-state index is 0.0589. The molecule has 1 unspecified atom stereocenters. The SMILES string of the molecule is CC(C)(C)OC(=O)C1CCCCN1S(=O)(=O)NCc1cnoc1. The summed E-state index contributed by atoms with van der Waals surface area (Å²) in [5.41, 5.74) is -0.0424. The first-order valence-corrected chi connectivity index (χ1v) is 9.00. The summed E-state index contributed by atoms with van der Waals surface area (Å²) in [5.74, 6) is -0.507. The Balaban J connectivity index is 2.08. The van der Waals surface area contributed by atoms with E-state index < -0.39 is 27.8 Å². The van der Waals surface area contributed by atoms with E-state index in [1.807, 2.05) is 0 Å². The summed E-state index contributed by atoms with van der Waals surface area (Å²) >= 11 is 0. The van der Waals surface area contributed by atoms with Crippen LogP contribution in [0.4, 0.5) is 0 Å². The van der Waals surface area contributed by atoms with Crippen LogP contribution in [0.2, 0.25) is 0 Å². The number of nitrogens with zero attached hydrogens (tertiary/aromatic N) is 2. The molecule has 2 heterocycles. The molecule has 0 amide bonds. The number of esters is 1. The second kappa shape index (κ2) is 6.98. The normalized spacial score (nSPS) is 20.4. The molecule has 8 nitrogen and oxygen atoms in total. The standard InChI is InChI=1S/C14H23N3O5S/c1-14(2,3)22-13(18)12-6-4-5-7-17(12)23(19,20)16-9-11-8-15-21-10-11/h8,10,12,16H,4-7,9H2,1-3H3. The number of carbonyl (C=O) groups is 1. The molecule has 0 bridgehead atoms. The van der Waals surface area contributed by atoms with E-state index in [9.17, 15) is 13.2 Å². The van der Waals surface area contributed by atoms with Crippen molar-refractivity contribution in [3.8, 4) is 0 Å². The van der Waals surface area contributed by atoms with Crippen LogP contribution in [-0.4, -0.2) is 42.0 Å². The van der Waals surface area contributed by atoms with Crippen LogP contribution in [0.3, 0.4) is 0 Å². The molecule has 130 valence electrons. The molecule has 1 atom stereocenters. The van der Waals surface area contributed by atoms with Gasteiger partial charge >= 0.3 is 5.97 Å². The average molecular weight is 345 g/mol. The molecule has 9 heteroatoms. The molecule has 0 radical (unpaired) electrons. The van der Waals surface area contributed by atoms with Crippen LogP contribution in [-0.2, 0) is 26.3 Å². The molecule has 1 aromatic rings. The Kier molecular flexibility index (Phi) is 5.43. The summed E-state index contributed by atoms with van der Waals surface area (Å²) in [4.78, 5) is 12.3. The van der Waals surface area contributed by atoms with Gasteiger partial charge in [-0.1, -0.05) is 5.16 Å². The van der Waals surface area contributed by atoms with Gasteiger partial charge in [0.25, 0.3) is 10.2 Å². The Morgan fingerprint density at radius 2 is 2.22 bits per heavy atom. The molecule has 1 N–H and O–H groups in total. The number of ether oxygens (including phenoxy) is 1. The number of aromatic nitrogens is 1. The van der Waals surface area contributed by atoms with Crippen LogP contribution in [0.25, 0.3) is 0 Å². The van der Waals surface area contributed by atoms with Crippen molar-refractivity contribution in [2.75, 3.05) is 6.54 Å². The van der Waals surface area contributed by atoms with Crippen LogP contribution >= 0.6 is 0 Å². The first-order valence-electron chi connectivity index (χ1n) is 7.56. The molecule has 1 saturated heterocycles. The third-order valence-corrected chi connectivity index (χ3v) is 4.95. The molecule has 1 aliphatic rings. The molecule has 0 aromatic carbocycles. The second-order valence-corrected chi connectivity index (χ2v) is 8.22. The maximum Gasteiger partial charge on any atom is 0.325 e. The van der Waals surface area contributed by atoms with Gasteiger partial charge in [-0.2, -0.15) is 17.4 Å². The maximum absolute atomic E-state index is 12.5. The Bertz CT molecular complexity index is 621. The van der Waals surface area contributed by atoms with E-state index >= 15 is 0 Å². The molecule has 1 aromatic heterocycles. The van der Waals surface area contributed by atoms with Crippen molar-refractivity contribution in [3.05, 3.63) is 18.0 Å². The van der Waals surface area contributed by atoms with Gasteiger partial charge in [0, 0.05) is 18.7 Å². The van der Waals surface area contributed by atoms with Crippen molar-refractivity contribution in [3.63, 3.8) is 0 Å². The lowest BCUT2D eigenvalue weighted by atomic mass is 10.0.